The average molecular weight is 239 g/mol. The summed E-state index contributed by atoms with van der Waals surface area (Å²) in [6, 6.07) is 1.68. The summed E-state index contributed by atoms with van der Waals surface area (Å²) in [5, 5.41) is 12.9. The van der Waals surface area contributed by atoms with E-state index >= 15 is 0 Å². The van der Waals surface area contributed by atoms with Gasteiger partial charge in [0, 0.05) is 12.6 Å². The zero-order valence-electron chi connectivity index (χ0n) is 10.6. The van der Waals surface area contributed by atoms with Gasteiger partial charge < -0.3 is 15.8 Å². The van der Waals surface area contributed by atoms with Crippen LogP contribution >= 0.6 is 0 Å². The summed E-state index contributed by atoms with van der Waals surface area (Å²) < 4.78 is 0. The second-order valence-electron chi connectivity index (χ2n) is 5.23. The number of hydrazine groups is 1. The van der Waals surface area contributed by atoms with Crippen LogP contribution in [-0.4, -0.2) is 27.7 Å². The van der Waals surface area contributed by atoms with Gasteiger partial charge in [-0.3, -0.25) is 0 Å². The Labute approximate surface area is 102 Å². The van der Waals surface area contributed by atoms with E-state index in [9.17, 15) is 5.11 Å². The molecule has 1 aromatic rings. The van der Waals surface area contributed by atoms with Crippen LogP contribution in [0.2, 0.25) is 0 Å². The minimum absolute atomic E-state index is 0.108. The van der Waals surface area contributed by atoms with Gasteiger partial charge in [-0.15, -0.1) is 0 Å². The lowest BCUT2D eigenvalue weighted by Crippen LogP contribution is -2.25. The molecular formula is C11H21N5O. The number of nitrogens with one attached hydrogen (secondary N) is 2. The summed E-state index contributed by atoms with van der Waals surface area (Å²) >= 11 is 0. The molecule has 96 valence electrons. The fraction of sp³-hybridized carbons (Fsp3) is 0.636. The molecule has 1 heterocycles. The highest BCUT2D eigenvalue weighted by atomic mass is 16.3. The molecule has 1 unspecified atom stereocenters. The first-order valence-corrected chi connectivity index (χ1v) is 5.61. The molecule has 0 aliphatic rings. The Balaban J connectivity index is 2.44. The molecule has 0 aliphatic heterocycles. The van der Waals surface area contributed by atoms with Crippen molar-refractivity contribution in [3.05, 3.63) is 12.4 Å². The Morgan fingerprint density at radius 1 is 1.35 bits per heavy atom. The number of anilines is 2. The first kappa shape index (κ1) is 13.7. The maximum Gasteiger partial charge on any atom is 0.145 e. The molecule has 0 amide bonds. The standard InChI is InChI=1S/C11H21N5O/c1-11(2,3)5-8(17)6-13-9-4-10(16-12)15-7-14-9/h4,7-8,17H,5-6,12H2,1-3H3,(H2,13,14,15,16). The van der Waals surface area contributed by atoms with E-state index in [-0.39, 0.29) is 5.41 Å². The summed E-state index contributed by atoms with van der Waals surface area (Å²) in [7, 11) is 0. The molecule has 6 nitrogen and oxygen atoms in total. The van der Waals surface area contributed by atoms with Crippen LogP contribution in [0.25, 0.3) is 0 Å². The third-order valence-corrected chi connectivity index (χ3v) is 2.18. The zero-order valence-corrected chi connectivity index (χ0v) is 10.6. The van der Waals surface area contributed by atoms with Crippen molar-refractivity contribution in [1.29, 1.82) is 0 Å². The van der Waals surface area contributed by atoms with Crippen molar-refractivity contribution >= 4 is 11.6 Å². The molecule has 6 heteroatoms. The van der Waals surface area contributed by atoms with Gasteiger partial charge in [0.15, 0.2) is 0 Å². The molecule has 0 aliphatic carbocycles. The van der Waals surface area contributed by atoms with E-state index in [4.69, 9.17) is 5.84 Å². The predicted molar refractivity (Wildman–Crippen MR) is 68.4 cm³/mol. The summed E-state index contributed by atoms with van der Waals surface area (Å²) in [4.78, 5) is 7.92. The lowest BCUT2D eigenvalue weighted by atomic mass is 9.89. The molecule has 0 fully saturated rings. The number of nitrogens with zero attached hydrogens (tertiary/aromatic N) is 2. The fourth-order valence-corrected chi connectivity index (χ4v) is 1.53. The van der Waals surface area contributed by atoms with Crippen LogP contribution in [0.15, 0.2) is 12.4 Å². The van der Waals surface area contributed by atoms with Gasteiger partial charge in [-0.2, -0.15) is 0 Å². The Hall–Kier alpha value is -1.40. The Morgan fingerprint density at radius 2 is 2.00 bits per heavy atom. The van der Waals surface area contributed by atoms with Gasteiger partial charge in [-0.1, -0.05) is 20.8 Å². The number of nitrogens with two attached hydrogens (primary N) is 1. The van der Waals surface area contributed by atoms with E-state index in [0.717, 1.165) is 6.42 Å². The predicted octanol–water partition coefficient (Wildman–Crippen LogP) is 0.971. The third-order valence-electron chi connectivity index (χ3n) is 2.18. The topological polar surface area (TPSA) is 96.1 Å². The highest BCUT2D eigenvalue weighted by Gasteiger charge is 2.16. The van der Waals surface area contributed by atoms with Gasteiger partial charge in [0.2, 0.25) is 0 Å². The Bertz CT molecular complexity index is 350. The van der Waals surface area contributed by atoms with Crippen molar-refractivity contribution in [3.8, 4) is 0 Å². The highest BCUT2D eigenvalue weighted by molar-refractivity contribution is 5.45. The molecule has 0 saturated heterocycles. The van der Waals surface area contributed by atoms with E-state index < -0.39 is 6.10 Å². The maximum absolute atomic E-state index is 9.83. The van der Waals surface area contributed by atoms with Crippen LogP contribution in [0.5, 0.6) is 0 Å². The first-order valence-electron chi connectivity index (χ1n) is 5.61. The largest absolute Gasteiger partial charge is 0.391 e. The first-order chi connectivity index (χ1) is 7.90. The highest BCUT2D eigenvalue weighted by Crippen LogP contribution is 2.20. The van der Waals surface area contributed by atoms with Crippen molar-refractivity contribution in [2.75, 3.05) is 17.3 Å². The molecule has 1 atom stereocenters. The van der Waals surface area contributed by atoms with Gasteiger partial charge in [0.05, 0.1) is 6.10 Å². The zero-order chi connectivity index (χ0) is 12.9. The number of aliphatic hydroxyl groups excluding tert-OH is 1. The number of hydrogen-bond acceptors (Lipinski definition) is 6. The number of aliphatic hydroxyl groups is 1. The van der Waals surface area contributed by atoms with Crippen molar-refractivity contribution in [2.24, 2.45) is 11.3 Å². The molecule has 0 radical (unpaired) electrons. The van der Waals surface area contributed by atoms with Gasteiger partial charge in [-0.05, 0) is 11.8 Å². The third kappa shape index (κ3) is 5.46. The fourth-order valence-electron chi connectivity index (χ4n) is 1.53. The summed E-state index contributed by atoms with van der Waals surface area (Å²) in [5.74, 6) is 6.42. The number of nitrogen functional groups attached to an aromatic ring is 1. The van der Waals surface area contributed by atoms with Crippen LogP contribution in [0, 0.1) is 5.41 Å². The Kier molecular flexibility index (Phi) is 4.65. The van der Waals surface area contributed by atoms with E-state index in [1.807, 2.05) is 0 Å². The molecule has 0 aromatic carbocycles. The number of rotatable bonds is 5. The van der Waals surface area contributed by atoms with E-state index in [1.165, 1.54) is 6.33 Å². The maximum atomic E-state index is 9.83. The van der Waals surface area contributed by atoms with E-state index in [2.05, 4.69) is 41.5 Å². The molecule has 0 bridgehead atoms. The van der Waals surface area contributed by atoms with Crippen LogP contribution < -0.4 is 16.6 Å². The quantitative estimate of drug-likeness (QED) is 0.452. The smallest absolute Gasteiger partial charge is 0.145 e. The van der Waals surface area contributed by atoms with E-state index in [0.29, 0.717) is 18.2 Å². The monoisotopic (exact) mass is 239 g/mol. The molecule has 1 rings (SSSR count). The molecule has 5 N–H and O–H groups in total. The van der Waals surface area contributed by atoms with Crippen LogP contribution in [0.4, 0.5) is 11.6 Å². The average Bonchev–Trinajstić information content (AvgIpc) is 2.24. The number of hydrogen-bond donors (Lipinski definition) is 4. The van der Waals surface area contributed by atoms with Gasteiger partial charge in [-0.25, -0.2) is 15.8 Å². The summed E-state index contributed by atoms with van der Waals surface area (Å²) in [6.45, 7) is 6.74. The van der Waals surface area contributed by atoms with Crippen molar-refractivity contribution < 1.29 is 5.11 Å². The Morgan fingerprint density at radius 3 is 2.59 bits per heavy atom. The molecule has 17 heavy (non-hydrogen) atoms. The lowest BCUT2D eigenvalue weighted by molar-refractivity contribution is 0.132. The molecule has 0 spiro atoms. The lowest BCUT2D eigenvalue weighted by Gasteiger charge is -2.22. The van der Waals surface area contributed by atoms with Gasteiger partial charge in [0.25, 0.3) is 0 Å². The minimum atomic E-state index is -0.403. The van der Waals surface area contributed by atoms with Gasteiger partial charge >= 0.3 is 0 Å². The SMILES string of the molecule is CC(C)(C)CC(O)CNc1cc(NN)ncn1. The second kappa shape index (κ2) is 5.79. The number of aromatic nitrogens is 2. The van der Waals surface area contributed by atoms with Crippen molar-refractivity contribution in [2.45, 2.75) is 33.3 Å². The minimum Gasteiger partial charge on any atom is -0.391 e. The molecule has 0 saturated carbocycles. The van der Waals surface area contributed by atoms with Crippen LogP contribution in [-0.2, 0) is 0 Å². The van der Waals surface area contributed by atoms with E-state index in [1.54, 1.807) is 6.07 Å². The summed E-state index contributed by atoms with van der Waals surface area (Å²) in [6.07, 6.45) is 1.74. The van der Waals surface area contributed by atoms with Crippen LogP contribution in [0.1, 0.15) is 27.2 Å². The van der Waals surface area contributed by atoms with Crippen molar-refractivity contribution in [1.82, 2.24) is 9.97 Å². The molecular weight excluding hydrogens is 218 g/mol. The second-order valence-corrected chi connectivity index (χ2v) is 5.23. The van der Waals surface area contributed by atoms with Gasteiger partial charge in [0.1, 0.15) is 18.0 Å². The molecule has 1 aromatic heterocycles. The van der Waals surface area contributed by atoms with Crippen LogP contribution in [0.3, 0.4) is 0 Å². The normalized spacial score (nSPS) is 13.2. The van der Waals surface area contributed by atoms with Crippen molar-refractivity contribution in [3.63, 3.8) is 0 Å². The summed E-state index contributed by atoms with van der Waals surface area (Å²) in [5.41, 5.74) is 2.55.